The second-order valence-corrected chi connectivity index (χ2v) is 4.57. The third kappa shape index (κ3) is 4.20. The zero-order valence-corrected chi connectivity index (χ0v) is 11.5. The molecule has 5 N–H and O–H groups in total. The lowest BCUT2D eigenvalue weighted by atomic mass is 9.99. The summed E-state index contributed by atoms with van der Waals surface area (Å²) in [5, 5.41) is 46.8. The van der Waals surface area contributed by atoms with Gasteiger partial charge in [0, 0.05) is 7.11 Å². The summed E-state index contributed by atoms with van der Waals surface area (Å²) in [6, 6.07) is 0. The number of hydrogen-bond donors (Lipinski definition) is 5. The van der Waals surface area contributed by atoms with Crippen molar-refractivity contribution in [2.75, 3.05) is 20.3 Å². The molecule has 0 aromatic carbocycles. The number of carbonyl (C=O) groups is 1. The first-order valence-electron chi connectivity index (χ1n) is 6.20. The fourth-order valence-electron chi connectivity index (χ4n) is 1.75. The first kappa shape index (κ1) is 18.0. The highest BCUT2D eigenvalue weighted by Gasteiger charge is 2.44. The molecule has 9 nitrogen and oxygen atoms in total. The Labute approximate surface area is 121 Å². The predicted octanol–water partition coefficient (Wildman–Crippen LogP) is -3.11. The monoisotopic (exact) mass is 308 g/mol. The summed E-state index contributed by atoms with van der Waals surface area (Å²) in [5.41, 5.74) is -0.355. The van der Waals surface area contributed by atoms with Crippen molar-refractivity contribution in [2.24, 2.45) is 0 Å². The maximum absolute atomic E-state index is 11.5. The van der Waals surface area contributed by atoms with Gasteiger partial charge in [0.05, 0.1) is 12.2 Å². The van der Waals surface area contributed by atoms with Gasteiger partial charge in [-0.3, -0.25) is 0 Å². The second kappa shape index (κ2) is 7.80. The molecule has 0 aliphatic carbocycles. The molecule has 0 saturated carbocycles. The average Bonchev–Trinajstić information content (AvgIpc) is 2.50. The fourth-order valence-corrected chi connectivity index (χ4v) is 1.75. The summed E-state index contributed by atoms with van der Waals surface area (Å²) in [6.07, 6.45) is -8.22. The largest absolute Gasteiger partial charge is 0.459 e. The summed E-state index contributed by atoms with van der Waals surface area (Å²) in [5.74, 6) is -0.984. The van der Waals surface area contributed by atoms with Gasteiger partial charge in [-0.1, -0.05) is 6.58 Å². The molecule has 6 atom stereocenters. The highest BCUT2D eigenvalue weighted by atomic mass is 16.7. The van der Waals surface area contributed by atoms with Crippen LogP contribution in [0.15, 0.2) is 12.2 Å². The van der Waals surface area contributed by atoms with Crippen molar-refractivity contribution in [3.05, 3.63) is 12.2 Å². The molecule has 0 radical (unpaired) electrons. The van der Waals surface area contributed by atoms with Gasteiger partial charge < -0.3 is 39.7 Å². The number of methoxy groups -OCH3 is 1. The van der Waals surface area contributed by atoms with E-state index in [2.05, 4.69) is 6.58 Å². The van der Waals surface area contributed by atoms with E-state index < -0.39 is 56.0 Å². The number of rotatable bonds is 6. The Morgan fingerprint density at radius 1 is 1.29 bits per heavy atom. The highest BCUT2D eigenvalue weighted by Crippen LogP contribution is 2.22. The standard InChI is InChI=1S/C12H20O9/c1-5(6(14)3-13)11(18)20-4-7-8(15)9(16)10(17)12(19-2)21-7/h6-10,12-17H,1,3-4H2,2H3/t6-,7-,8-,9+,10-,12-/m1/s1. The molecule has 1 rings (SSSR count). The van der Waals surface area contributed by atoms with Crippen LogP contribution in [-0.4, -0.2) is 88.6 Å². The first-order valence-corrected chi connectivity index (χ1v) is 6.20. The molecule has 9 heteroatoms. The topological polar surface area (TPSA) is 146 Å². The van der Waals surface area contributed by atoms with Gasteiger partial charge >= 0.3 is 5.97 Å². The van der Waals surface area contributed by atoms with Crippen LogP contribution in [0.5, 0.6) is 0 Å². The third-order valence-corrected chi connectivity index (χ3v) is 3.12. The number of aliphatic hydroxyl groups excluding tert-OH is 5. The van der Waals surface area contributed by atoms with E-state index in [0.717, 1.165) is 0 Å². The summed E-state index contributed by atoms with van der Waals surface area (Å²) in [7, 11) is 1.24. The van der Waals surface area contributed by atoms with Crippen molar-refractivity contribution in [3.63, 3.8) is 0 Å². The van der Waals surface area contributed by atoms with Crippen LogP contribution >= 0.6 is 0 Å². The molecule has 0 spiro atoms. The van der Waals surface area contributed by atoms with E-state index in [1.165, 1.54) is 7.11 Å². The van der Waals surface area contributed by atoms with E-state index in [9.17, 15) is 25.2 Å². The van der Waals surface area contributed by atoms with E-state index in [1.54, 1.807) is 0 Å². The maximum Gasteiger partial charge on any atom is 0.336 e. The molecule has 1 aliphatic rings. The lowest BCUT2D eigenvalue weighted by molar-refractivity contribution is -0.295. The summed E-state index contributed by atoms with van der Waals surface area (Å²) >= 11 is 0. The van der Waals surface area contributed by atoms with Crippen LogP contribution in [0.2, 0.25) is 0 Å². The predicted molar refractivity (Wildman–Crippen MR) is 66.9 cm³/mol. The lowest BCUT2D eigenvalue weighted by Gasteiger charge is -2.39. The van der Waals surface area contributed by atoms with Crippen LogP contribution in [0, 0.1) is 0 Å². The molecule has 21 heavy (non-hydrogen) atoms. The van der Waals surface area contributed by atoms with Gasteiger partial charge in [0.15, 0.2) is 6.29 Å². The molecule has 0 aromatic heterocycles. The Morgan fingerprint density at radius 3 is 2.43 bits per heavy atom. The molecule has 0 aromatic rings. The van der Waals surface area contributed by atoms with Gasteiger partial charge in [0.1, 0.15) is 37.1 Å². The minimum absolute atomic E-state index is 0.355. The molecule has 1 aliphatic heterocycles. The minimum Gasteiger partial charge on any atom is -0.459 e. The van der Waals surface area contributed by atoms with Gasteiger partial charge in [0.2, 0.25) is 0 Å². The lowest BCUT2D eigenvalue weighted by Crippen LogP contribution is -2.59. The van der Waals surface area contributed by atoms with Gasteiger partial charge in [-0.05, 0) is 0 Å². The second-order valence-electron chi connectivity index (χ2n) is 4.57. The van der Waals surface area contributed by atoms with Crippen LogP contribution in [0.4, 0.5) is 0 Å². The normalized spacial score (nSPS) is 34.3. The molecule has 0 amide bonds. The fraction of sp³-hybridized carbons (Fsp3) is 0.750. The molecular weight excluding hydrogens is 288 g/mol. The summed E-state index contributed by atoms with van der Waals surface area (Å²) in [4.78, 5) is 11.5. The number of carbonyl (C=O) groups excluding carboxylic acids is 1. The van der Waals surface area contributed by atoms with Crippen molar-refractivity contribution < 1.29 is 44.5 Å². The Morgan fingerprint density at radius 2 is 1.90 bits per heavy atom. The van der Waals surface area contributed by atoms with Gasteiger partial charge in [-0.25, -0.2) is 4.79 Å². The van der Waals surface area contributed by atoms with Crippen LogP contribution in [0.25, 0.3) is 0 Å². The quantitative estimate of drug-likeness (QED) is 0.254. The highest BCUT2D eigenvalue weighted by molar-refractivity contribution is 5.88. The number of esters is 1. The number of aliphatic hydroxyl groups is 5. The van der Waals surface area contributed by atoms with Gasteiger partial charge in [-0.2, -0.15) is 0 Å². The van der Waals surface area contributed by atoms with E-state index in [-0.39, 0.29) is 5.57 Å². The first-order chi connectivity index (χ1) is 9.83. The summed E-state index contributed by atoms with van der Waals surface area (Å²) < 4.78 is 14.7. The zero-order chi connectivity index (χ0) is 16.2. The zero-order valence-electron chi connectivity index (χ0n) is 11.5. The molecule has 1 heterocycles. The number of ether oxygens (including phenoxy) is 3. The molecule has 122 valence electrons. The van der Waals surface area contributed by atoms with Crippen LogP contribution in [-0.2, 0) is 19.0 Å². The van der Waals surface area contributed by atoms with Gasteiger partial charge in [0.25, 0.3) is 0 Å². The Kier molecular flexibility index (Phi) is 6.68. The van der Waals surface area contributed by atoms with Gasteiger partial charge in [-0.15, -0.1) is 0 Å². The van der Waals surface area contributed by atoms with Crippen LogP contribution in [0.3, 0.4) is 0 Å². The van der Waals surface area contributed by atoms with E-state index in [0.29, 0.717) is 0 Å². The van der Waals surface area contributed by atoms with Crippen molar-refractivity contribution in [3.8, 4) is 0 Å². The smallest absolute Gasteiger partial charge is 0.336 e. The van der Waals surface area contributed by atoms with Crippen LogP contribution < -0.4 is 0 Å². The minimum atomic E-state index is -1.53. The SMILES string of the molecule is C=C(C(=O)OC[C@H]1O[C@@H](OC)[C@H](O)[C@@H](O)[C@@H]1O)[C@H](O)CO. The third-order valence-electron chi connectivity index (χ3n) is 3.12. The Balaban J connectivity index is 2.58. The number of hydrogen-bond acceptors (Lipinski definition) is 9. The van der Waals surface area contributed by atoms with E-state index in [1.807, 2.05) is 0 Å². The van der Waals surface area contributed by atoms with Crippen molar-refractivity contribution >= 4 is 5.97 Å². The Hall–Kier alpha value is -1.07. The molecule has 0 bridgehead atoms. The average molecular weight is 308 g/mol. The van der Waals surface area contributed by atoms with E-state index >= 15 is 0 Å². The van der Waals surface area contributed by atoms with E-state index in [4.69, 9.17) is 19.3 Å². The molecule has 1 fully saturated rings. The summed E-state index contributed by atoms with van der Waals surface area (Å²) in [6.45, 7) is 2.12. The van der Waals surface area contributed by atoms with Crippen LogP contribution in [0.1, 0.15) is 0 Å². The maximum atomic E-state index is 11.5. The van der Waals surface area contributed by atoms with Crippen molar-refractivity contribution in [2.45, 2.75) is 36.8 Å². The Bertz CT molecular complexity index is 370. The van der Waals surface area contributed by atoms with Crippen molar-refractivity contribution in [1.29, 1.82) is 0 Å². The molecular formula is C12H20O9. The molecule has 0 unspecified atom stereocenters. The van der Waals surface area contributed by atoms with Crippen molar-refractivity contribution in [1.82, 2.24) is 0 Å². The molecule has 1 saturated heterocycles.